The molecule has 162 valence electrons. The van der Waals surface area contributed by atoms with Crippen molar-refractivity contribution in [3.8, 4) is 11.4 Å². The predicted octanol–water partition coefficient (Wildman–Crippen LogP) is 2.64. The van der Waals surface area contributed by atoms with Crippen LogP contribution in [0.2, 0.25) is 0 Å². The lowest BCUT2D eigenvalue weighted by molar-refractivity contribution is 0.413. The van der Waals surface area contributed by atoms with Gasteiger partial charge < -0.3 is 4.74 Å². The standard InChI is InChI=1S/C23H20FN5O3/c1-14-12-27-19-20(25-22(27)29(14)17-10-6-7-11-18(17)32-3)26(2)23(31)28(21(19)30)13-15-8-4-5-9-16(15)24/h4-12H,13H2,1-3H3. The predicted molar refractivity (Wildman–Crippen MR) is 118 cm³/mol. The minimum atomic E-state index is -0.563. The maximum atomic E-state index is 14.2. The van der Waals surface area contributed by atoms with Crippen LogP contribution in [-0.4, -0.2) is 30.2 Å². The van der Waals surface area contributed by atoms with Gasteiger partial charge in [-0.05, 0) is 25.1 Å². The van der Waals surface area contributed by atoms with Crippen LogP contribution in [0.25, 0.3) is 22.6 Å². The number of hydrogen-bond donors (Lipinski definition) is 0. The highest BCUT2D eigenvalue weighted by Crippen LogP contribution is 2.27. The van der Waals surface area contributed by atoms with Gasteiger partial charge in [-0.1, -0.05) is 30.3 Å². The van der Waals surface area contributed by atoms with Gasteiger partial charge >= 0.3 is 5.69 Å². The summed E-state index contributed by atoms with van der Waals surface area (Å²) in [5, 5.41) is 0. The van der Waals surface area contributed by atoms with Gasteiger partial charge in [0.15, 0.2) is 11.2 Å². The Morgan fingerprint density at radius 1 is 1.06 bits per heavy atom. The molecule has 0 amide bonds. The lowest BCUT2D eigenvalue weighted by atomic mass is 10.2. The molecule has 0 aliphatic heterocycles. The highest BCUT2D eigenvalue weighted by atomic mass is 19.1. The average Bonchev–Trinajstić information content (AvgIpc) is 3.31. The smallest absolute Gasteiger partial charge is 0.332 e. The molecule has 0 fully saturated rings. The summed E-state index contributed by atoms with van der Waals surface area (Å²) in [6.45, 7) is 1.72. The van der Waals surface area contributed by atoms with Crippen LogP contribution in [0.5, 0.6) is 5.75 Å². The molecule has 0 atom stereocenters. The minimum Gasteiger partial charge on any atom is -0.495 e. The number of nitrogens with zero attached hydrogens (tertiary/aromatic N) is 5. The van der Waals surface area contributed by atoms with Gasteiger partial charge in [0.25, 0.3) is 5.56 Å². The summed E-state index contributed by atoms with van der Waals surface area (Å²) in [6, 6.07) is 13.6. The zero-order valence-electron chi connectivity index (χ0n) is 17.7. The van der Waals surface area contributed by atoms with E-state index in [9.17, 15) is 14.0 Å². The Hall–Kier alpha value is -4.14. The van der Waals surface area contributed by atoms with Crippen LogP contribution in [0.15, 0.2) is 64.3 Å². The summed E-state index contributed by atoms with van der Waals surface area (Å²) >= 11 is 0. The Balaban J connectivity index is 1.82. The highest BCUT2D eigenvalue weighted by molar-refractivity contribution is 5.76. The number of aryl methyl sites for hydroxylation is 2. The summed E-state index contributed by atoms with van der Waals surface area (Å²) in [6.07, 6.45) is 1.79. The SMILES string of the molecule is COc1ccccc1-n1c(C)cn2c3c(=O)n(Cc4ccccc4F)c(=O)n(C)c3nc12. The van der Waals surface area contributed by atoms with Gasteiger partial charge in [0.2, 0.25) is 5.78 Å². The normalized spacial score (nSPS) is 11.5. The number of aromatic nitrogens is 5. The van der Waals surface area contributed by atoms with E-state index in [1.165, 1.54) is 10.6 Å². The largest absolute Gasteiger partial charge is 0.495 e. The number of ether oxygens (including phenoxy) is 1. The maximum Gasteiger partial charge on any atom is 0.332 e. The van der Waals surface area contributed by atoms with Crippen LogP contribution in [-0.2, 0) is 13.6 Å². The molecule has 0 saturated carbocycles. The van der Waals surface area contributed by atoms with Crippen LogP contribution >= 0.6 is 0 Å². The number of halogens is 1. The zero-order valence-corrected chi connectivity index (χ0v) is 17.7. The number of imidazole rings is 2. The van der Waals surface area contributed by atoms with Crippen molar-refractivity contribution in [3.05, 3.63) is 92.6 Å². The number of fused-ring (bicyclic) bond motifs is 3. The van der Waals surface area contributed by atoms with E-state index < -0.39 is 17.1 Å². The third kappa shape index (κ3) is 2.78. The minimum absolute atomic E-state index is 0.173. The Kier molecular flexibility index (Phi) is 4.47. The van der Waals surface area contributed by atoms with Crippen LogP contribution in [0.1, 0.15) is 11.3 Å². The lowest BCUT2D eigenvalue weighted by Crippen LogP contribution is -2.39. The van der Waals surface area contributed by atoms with E-state index in [-0.39, 0.29) is 23.3 Å². The Morgan fingerprint density at radius 3 is 2.53 bits per heavy atom. The quantitative estimate of drug-likeness (QED) is 0.437. The first-order valence-corrected chi connectivity index (χ1v) is 9.99. The Morgan fingerprint density at radius 2 is 1.78 bits per heavy atom. The topological polar surface area (TPSA) is 75.5 Å². The number of methoxy groups -OCH3 is 1. The van der Waals surface area contributed by atoms with Gasteiger partial charge in [-0.2, -0.15) is 4.98 Å². The van der Waals surface area contributed by atoms with Crippen LogP contribution < -0.4 is 16.0 Å². The zero-order chi connectivity index (χ0) is 22.6. The van der Waals surface area contributed by atoms with E-state index in [2.05, 4.69) is 4.98 Å². The van der Waals surface area contributed by atoms with Crippen LogP contribution in [0, 0.1) is 12.7 Å². The molecular formula is C23H20FN5O3. The fraction of sp³-hybridized carbons (Fsp3) is 0.174. The third-order valence-electron chi connectivity index (χ3n) is 5.64. The number of hydrogen-bond acceptors (Lipinski definition) is 4. The molecule has 0 unspecified atom stereocenters. The van der Waals surface area contributed by atoms with Crippen molar-refractivity contribution in [1.82, 2.24) is 23.1 Å². The molecule has 5 aromatic rings. The summed E-state index contributed by atoms with van der Waals surface area (Å²) in [4.78, 5) is 31.0. The summed E-state index contributed by atoms with van der Waals surface area (Å²) in [5.74, 6) is 0.641. The molecule has 0 aliphatic carbocycles. The van der Waals surface area contributed by atoms with Crippen molar-refractivity contribution < 1.29 is 9.13 Å². The number of para-hydroxylation sites is 2. The van der Waals surface area contributed by atoms with Crippen molar-refractivity contribution in [2.45, 2.75) is 13.5 Å². The van der Waals surface area contributed by atoms with Crippen molar-refractivity contribution >= 4 is 16.9 Å². The third-order valence-corrected chi connectivity index (χ3v) is 5.64. The Bertz CT molecular complexity index is 1620. The van der Waals surface area contributed by atoms with Crippen molar-refractivity contribution in [3.63, 3.8) is 0 Å². The lowest BCUT2D eigenvalue weighted by Gasteiger charge is -2.10. The van der Waals surface area contributed by atoms with Crippen LogP contribution in [0.3, 0.4) is 0 Å². The van der Waals surface area contributed by atoms with Gasteiger partial charge in [-0.3, -0.25) is 22.9 Å². The average molecular weight is 433 g/mol. The molecule has 3 heterocycles. The molecule has 0 aliphatic rings. The van der Waals surface area contributed by atoms with E-state index in [1.54, 1.807) is 43.0 Å². The molecular weight excluding hydrogens is 413 g/mol. The molecule has 0 spiro atoms. The van der Waals surface area contributed by atoms with E-state index in [1.807, 2.05) is 35.8 Å². The molecule has 0 bridgehead atoms. The molecule has 0 radical (unpaired) electrons. The second-order valence-corrected chi connectivity index (χ2v) is 7.56. The number of benzene rings is 2. The second-order valence-electron chi connectivity index (χ2n) is 7.56. The Labute approximate surface area is 181 Å². The maximum absolute atomic E-state index is 14.2. The van der Waals surface area contributed by atoms with E-state index in [0.717, 1.165) is 15.9 Å². The first-order valence-electron chi connectivity index (χ1n) is 9.99. The highest BCUT2D eigenvalue weighted by Gasteiger charge is 2.22. The van der Waals surface area contributed by atoms with Gasteiger partial charge in [-0.25, -0.2) is 9.18 Å². The van der Waals surface area contributed by atoms with E-state index in [4.69, 9.17) is 4.74 Å². The van der Waals surface area contributed by atoms with Crippen LogP contribution in [0.4, 0.5) is 4.39 Å². The van der Waals surface area contributed by atoms with E-state index >= 15 is 0 Å². The van der Waals surface area contributed by atoms with Crippen molar-refractivity contribution in [2.24, 2.45) is 7.05 Å². The van der Waals surface area contributed by atoms with E-state index in [0.29, 0.717) is 11.5 Å². The molecule has 0 N–H and O–H groups in total. The first kappa shape index (κ1) is 19.8. The van der Waals surface area contributed by atoms with Gasteiger partial charge in [0, 0.05) is 24.5 Å². The summed E-state index contributed by atoms with van der Waals surface area (Å²) in [7, 11) is 3.14. The van der Waals surface area contributed by atoms with Crippen molar-refractivity contribution in [2.75, 3.05) is 7.11 Å². The fourth-order valence-electron chi connectivity index (χ4n) is 4.06. The summed E-state index contributed by atoms with van der Waals surface area (Å²) in [5.41, 5.74) is 1.25. The summed E-state index contributed by atoms with van der Waals surface area (Å²) < 4.78 is 25.6. The molecule has 2 aromatic carbocycles. The van der Waals surface area contributed by atoms with Gasteiger partial charge in [-0.15, -0.1) is 0 Å². The molecule has 9 heteroatoms. The monoisotopic (exact) mass is 433 g/mol. The molecule has 5 rings (SSSR count). The van der Waals surface area contributed by atoms with Crippen molar-refractivity contribution in [1.29, 1.82) is 0 Å². The molecule has 8 nitrogen and oxygen atoms in total. The van der Waals surface area contributed by atoms with Gasteiger partial charge in [0.1, 0.15) is 11.6 Å². The fourth-order valence-corrected chi connectivity index (χ4v) is 4.06. The second kappa shape index (κ2) is 7.23. The molecule has 0 saturated heterocycles. The molecule has 32 heavy (non-hydrogen) atoms. The number of rotatable bonds is 4. The molecule has 3 aromatic heterocycles. The first-order chi connectivity index (χ1) is 15.4. The van der Waals surface area contributed by atoms with Gasteiger partial charge in [0.05, 0.1) is 19.3 Å².